The minimum atomic E-state index is -2.92. The first kappa shape index (κ1) is 23.1. The van der Waals surface area contributed by atoms with Crippen LogP contribution >= 0.6 is 12.4 Å². The van der Waals surface area contributed by atoms with E-state index in [1.165, 1.54) is 13.2 Å². The topological polar surface area (TPSA) is 59.6 Å². The first-order valence-corrected chi connectivity index (χ1v) is 9.21. The number of carbonyl (C=O) groups excluding carboxylic acids is 1. The van der Waals surface area contributed by atoms with E-state index in [4.69, 9.17) is 4.74 Å². The molecule has 0 spiro atoms. The highest BCUT2D eigenvalue weighted by Gasteiger charge is 2.39. The zero-order chi connectivity index (χ0) is 20.0. The summed E-state index contributed by atoms with van der Waals surface area (Å²) < 4.78 is 35.7. The number of alkyl halides is 2. The number of ether oxygens (including phenoxy) is 2. The SMILES string of the molecule is COC1(C(=O)Nc2ccc(OC(F)F)c(Cc3ccccc3)c2)CCNCC1.Cl. The number of anilines is 1. The molecule has 8 heteroatoms. The number of amides is 1. The molecule has 29 heavy (non-hydrogen) atoms. The lowest BCUT2D eigenvalue weighted by Gasteiger charge is -2.34. The second-order valence-corrected chi connectivity index (χ2v) is 6.77. The van der Waals surface area contributed by atoms with Crippen LogP contribution in [0, 0.1) is 0 Å². The van der Waals surface area contributed by atoms with Gasteiger partial charge in [-0.25, -0.2) is 0 Å². The van der Waals surface area contributed by atoms with Gasteiger partial charge in [0.25, 0.3) is 5.91 Å². The van der Waals surface area contributed by atoms with Crippen molar-refractivity contribution in [1.82, 2.24) is 5.32 Å². The normalized spacial score (nSPS) is 15.4. The Morgan fingerprint density at radius 3 is 2.48 bits per heavy atom. The third-order valence-corrected chi connectivity index (χ3v) is 4.99. The van der Waals surface area contributed by atoms with Crippen LogP contribution in [-0.2, 0) is 16.0 Å². The lowest BCUT2D eigenvalue weighted by molar-refractivity contribution is -0.140. The molecule has 0 atom stereocenters. The molecule has 0 aromatic heterocycles. The van der Waals surface area contributed by atoms with Gasteiger partial charge in [-0.2, -0.15) is 8.78 Å². The zero-order valence-electron chi connectivity index (χ0n) is 16.1. The molecule has 0 aliphatic carbocycles. The number of carbonyl (C=O) groups is 1. The Bertz CT molecular complexity index is 800. The van der Waals surface area contributed by atoms with E-state index < -0.39 is 12.2 Å². The van der Waals surface area contributed by atoms with E-state index in [1.807, 2.05) is 30.3 Å². The van der Waals surface area contributed by atoms with Gasteiger partial charge < -0.3 is 20.1 Å². The summed E-state index contributed by atoms with van der Waals surface area (Å²) in [4.78, 5) is 12.8. The molecular formula is C21H25ClF2N2O3. The predicted octanol–water partition coefficient (Wildman–Crippen LogP) is 4.01. The van der Waals surface area contributed by atoms with Crippen molar-refractivity contribution in [3.05, 3.63) is 59.7 Å². The molecule has 0 saturated carbocycles. The van der Waals surface area contributed by atoms with E-state index >= 15 is 0 Å². The van der Waals surface area contributed by atoms with Crippen LogP contribution in [0.5, 0.6) is 5.75 Å². The van der Waals surface area contributed by atoms with Gasteiger partial charge in [-0.05, 0) is 49.7 Å². The summed E-state index contributed by atoms with van der Waals surface area (Å²) in [5.41, 5.74) is 1.16. The molecule has 1 aliphatic heterocycles. The molecule has 158 valence electrons. The van der Waals surface area contributed by atoms with Gasteiger partial charge in [0.15, 0.2) is 0 Å². The lowest BCUT2D eigenvalue weighted by Crippen LogP contribution is -2.51. The molecule has 2 aromatic rings. The number of nitrogens with one attached hydrogen (secondary N) is 2. The van der Waals surface area contributed by atoms with Crippen LogP contribution in [0.25, 0.3) is 0 Å². The maximum absolute atomic E-state index is 12.8. The molecule has 0 radical (unpaired) electrons. The van der Waals surface area contributed by atoms with E-state index in [0.717, 1.165) is 5.56 Å². The van der Waals surface area contributed by atoms with Crippen molar-refractivity contribution in [3.8, 4) is 5.75 Å². The van der Waals surface area contributed by atoms with E-state index in [-0.39, 0.29) is 24.1 Å². The molecule has 0 unspecified atom stereocenters. The number of hydrogen-bond donors (Lipinski definition) is 2. The van der Waals surface area contributed by atoms with Gasteiger partial charge in [0.05, 0.1) is 0 Å². The van der Waals surface area contributed by atoms with Crippen LogP contribution < -0.4 is 15.4 Å². The summed E-state index contributed by atoms with van der Waals surface area (Å²) in [6.07, 6.45) is 1.55. The quantitative estimate of drug-likeness (QED) is 0.702. The van der Waals surface area contributed by atoms with E-state index in [0.29, 0.717) is 43.6 Å². The van der Waals surface area contributed by atoms with Gasteiger partial charge in [0.2, 0.25) is 0 Å². The third kappa shape index (κ3) is 5.88. The Balaban J connectivity index is 0.00000300. The van der Waals surface area contributed by atoms with Crippen molar-refractivity contribution in [2.45, 2.75) is 31.5 Å². The van der Waals surface area contributed by atoms with E-state index in [9.17, 15) is 13.6 Å². The molecule has 2 N–H and O–H groups in total. The van der Waals surface area contributed by atoms with Gasteiger partial charge >= 0.3 is 6.61 Å². The third-order valence-electron chi connectivity index (χ3n) is 4.99. The second kappa shape index (κ2) is 10.5. The predicted molar refractivity (Wildman–Crippen MR) is 110 cm³/mol. The minimum absolute atomic E-state index is 0. The van der Waals surface area contributed by atoms with Crippen molar-refractivity contribution < 1.29 is 23.0 Å². The summed E-state index contributed by atoms with van der Waals surface area (Å²) >= 11 is 0. The second-order valence-electron chi connectivity index (χ2n) is 6.77. The van der Waals surface area contributed by atoms with E-state index in [1.54, 1.807) is 12.1 Å². The van der Waals surface area contributed by atoms with E-state index in [2.05, 4.69) is 15.4 Å². The number of piperidine rings is 1. The van der Waals surface area contributed by atoms with Crippen LogP contribution in [0.2, 0.25) is 0 Å². The summed E-state index contributed by atoms with van der Waals surface area (Å²) in [5.74, 6) is -0.134. The Morgan fingerprint density at radius 1 is 1.17 bits per heavy atom. The van der Waals surface area contributed by atoms with Crippen LogP contribution in [0.1, 0.15) is 24.0 Å². The van der Waals surface area contributed by atoms with Crippen molar-refractivity contribution in [1.29, 1.82) is 0 Å². The zero-order valence-corrected chi connectivity index (χ0v) is 16.9. The number of hydrogen-bond acceptors (Lipinski definition) is 4. The summed E-state index contributed by atoms with van der Waals surface area (Å²) in [6, 6.07) is 14.2. The molecule has 2 aromatic carbocycles. The Labute approximate surface area is 175 Å². The molecular weight excluding hydrogens is 402 g/mol. The molecule has 1 aliphatic rings. The summed E-state index contributed by atoms with van der Waals surface area (Å²) in [6.45, 7) is -1.52. The average Bonchev–Trinajstić information content (AvgIpc) is 2.71. The van der Waals surface area contributed by atoms with Crippen molar-refractivity contribution in [3.63, 3.8) is 0 Å². The van der Waals surface area contributed by atoms with Crippen LogP contribution in [0.3, 0.4) is 0 Å². The van der Waals surface area contributed by atoms with Gasteiger partial charge in [-0.3, -0.25) is 4.79 Å². The largest absolute Gasteiger partial charge is 0.435 e. The number of methoxy groups -OCH3 is 1. The maximum atomic E-state index is 12.8. The molecule has 1 fully saturated rings. The highest BCUT2D eigenvalue weighted by molar-refractivity contribution is 5.97. The van der Waals surface area contributed by atoms with Crippen molar-refractivity contribution >= 4 is 24.0 Å². The number of benzene rings is 2. The highest BCUT2D eigenvalue weighted by Crippen LogP contribution is 2.29. The summed E-state index contributed by atoms with van der Waals surface area (Å²) in [7, 11) is 1.53. The maximum Gasteiger partial charge on any atom is 0.387 e. The fourth-order valence-electron chi connectivity index (χ4n) is 3.42. The molecule has 1 amide bonds. The number of rotatable bonds is 7. The molecule has 3 rings (SSSR count). The number of halogens is 3. The first-order valence-electron chi connectivity index (χ1n) is 9.21. The first-order chi connectivity index (χ1) is 13.5. The standard InChI is InChI=1S/C21H24F2N2O3.ClH/c1-27-21(9-11-24-12-10-21)19(26)25-17-7-8-18(28-20(22)23)16(14-17)13-15-5-3-2-4-6-15;/h2-8,14,20,24H,9-13H2,1H3,(H,25,26);1H. The monoisotopic (exact) mass is 426 g/mol. The molecule has 5 nitrogen and oxygen atoms in total. The summed E-state index contributed by atoms with van der Waals surface area (Å²) in [5, 5.41) is 6.08. The van der Waals surface area contributed by atoms with Gasteiger partial charge in [-0.1, -0.05) is 30.3 Å². The Hall–Kier alpha value is -2.22. The van der Waals surface area contributed by atoms with Crippen molar-refractivity contribution in [2.75, 3.05) is 25.5 Å². The highest BCUT2D eigenvalue weighted by atomic mass is 35.5. The lowest BCUT2D eigenvalue weighted by atomic mass is 9.91. The van der Waals surface area contributed by atoms with Gasteiger partial charge in [-0.15, -0.1) is 12.4 Å². The molecule has 1 heterocycles. The van der Waals surface area contributed by atoms with Gasteiger partial charge in [0, 0.05) is 24.8 Å². The van der Waals surface area contributed by atoms with Gasteiger partial charge in [0.1, 0.15) is 11.4 Å². The smallest absolute Gasteiger partial charge is 0.387 e. The molecule has 1 saturated heterocycles. The fourth-order valence-corrected chi connectivity index (χ4v) is 3.42. The minimum Gasteiger partial charge on any atom is -0.435 e. The van der Waals surface area contributed by atoms with Crippen LogP contribution in [0.15, 0.2) is 48.5 Å². The van der Waals surface area contributed by atoms with Crippen LogP contribution in [-0.4, -0.2) is 38.3 Å². The Kier molecular flexibility index (Phi) is 8.37. The fraction of sp³-hybridized carbons (Fsp3) is 0.381. The average molecular weight is 427 g/mol. The van der Waals surface area contributed by atoms with Crippen LogP contribution in [0.4, 0.5) is 14.5 Å². The molecule has 0 bridgehead atoms. The van der Waals surface area contributed by atoms with Crippen molar-refractivity contribution in [2.24, 2.45) is 0 Å². The Morgan fingerprint density at radius 2 is 1.86 bits per heavy atom.